The Labute approximate surface area is 140 Å². The second kappa shape index (κ2) is 7.62. The topological polar surface area (TPSA) is 71.5 Å². The van der Waals surface area contributed by atoms with E-state index in [-0.39, 0.29) is 6.42 Å². The smallest absolute Gasteiger partial charge is 0.434 e. The fourth-order valence-electron chi connectivity index (χ4n) is 2.05. The molecule has 140 valence electrons. The lowest BCUT2D eigenvalue weighted by Crippen LogP contribution is -2.30. The number of carbonyl (C=O) groups is 2. The molecule has 1 rings (SSSR count). The van der Waals surface area contributed by atoms with Gasteiger partial charge in [0.2, 0.25) is 0 Å². The van der Waals surface area contributed by atoms with Crippen molar-refractivity contribution < 1.29 is 36.3 Å². The van der Waals surface area contributed by atoms with E-state index < -0.39 is 52.8 Å². The zero-order valence-corrected chi connectivity index (χ0v) is 13.8. The van der Waals surface area contributed by atoms with E-state index in [1.54, 1.807) is 0 Å². The number of aromatic nitrogens is 1. The first-order valence-corrected chi connectivity index (χ1v) is 6.94. The van der Waals surface area contributed by atoms with Gasteiger partial charge in [0.1, 0.15) is 5.69 Å². The summed E-state index contributed by atoms with van der Waals surface area (Å²) < 4.78 is 70.5. The van der Waals surface area contributed by atoms with E-state index in [0.717, 1.165) is 12.0 Å². The van der Waals surface area contributed by atoms with E-state index in [9.17, 15) is 31.5 Å². The van der Waals surface area contributed by atoms with Crippen LogP contribution in [-0.2, 0) is 17.3 Å². The summed E-state index contributed by atoms with van der Waals surface area (Å²) >= 11 is 0. The first-order chi connectivity index (χ1) is 11.4. The van der Waals surface area contributed by atoms with E-state index >= 15 is 0 Å². The predicted octanol–water partition coefficient (Wildman–Crippen LogP) is 3.48. The van der Waals surface area contributed by atoms with Crippen molar-refractivity contribution in [2.45, 2.75) is 25.9 Å². The number of alkyl halides is 5. The Morgan fingerprint density at radius 3 is 2.20 bits per heavy atom. The Morgan fingerprint density at radius 1 is 1.28 bits per heavy atom. The molecule has 0 aliphatic rings. The number of esters is 1. The van der Waals surface area contributed by atoms with Gasteiger partial charge in [0, 0.05) is 14.1 Å². The second-order valence-corrected chi connectivity index (χ2v) is 5.04. The van der Waals surface area contributed by atoms with Crippen LogP contribution in [0.5, 0.6) is 0 Å². The Bertz CT molecular complexity index is 675. The third-order valence-corrected chi connectivity index (χ3v) is 3.19. The number of carbonyl (C=O) groups excluding carboxylic acids is 2. The molecule has 2 amide bonds. The summed E-state index contributed by atoms with van der Waals surface area (Å²) in [5, 5.41) is 2.08. The Kier molecular flexibility index (Phi) is 6.27. The maximum absolute atomic E-state index is 13.3. The van der Waals surface area contributed by atoms with Crippen LogP contribution in [0.2, 0.25) is 0 Å². The van der Waals surface area contributed by atoms with Crippen molar-refractivity contribution in [2.75, 3.05) is 26.5 Å². The van der Waals surface area contributed by atoms with Crippen molar-refractivity contribution in [3.8, 4) is 0 Å². The quantitative estimate of drug-likeness (QED) is 0.652. The van der Waals surface area contributed by atoms with Gasteiger partial charge >= 0.3 is 18.2 Å². The molecule has 0 aromatic carbocycles. The average molecular weight is 369 g/mol. The molecule has 0 unspecified atom stereocenters. The summed E-state index contributed by atoms with van der Waals surface area (Å²) in [6.07, 6.45) is -8.82. The molecule has 0 atom stereocenters. The minimum atomic E-state index is -5.17. The number of ether oxygens (including phenoxy) is 1. The molecule has 1 N–H and O–H groups in total. The Balaban J connectivity index is 3.86. The molecule has 0 fully saturated rings. The van der Waals surface area contributed by atoms with E-state index in [0.29, 0.717) is 0 Å². The van der Waals surface area contributed by atoms with Crippen molar-refractivity contribution in [3.63, 3.8) is 0 Å². The highest BCUT2D eigenvalue weighted by molar-refractivity contribution is 5.97. The van der Waals surface area contributed by atoms with E-state index in [1.165, 1.54) is 21.0 Å². The van der Waals surface area contributed by atoms with Crippen LogP contribution < -0.4 is 5.32 Å². The van der Waals surface area contributed by atoms with Gasteiger partial charge < -0.3 is 15.0 Å². The maximum atomic E-state index is 13.3. The lowest BCUT2D eigenvalue weighted by atomic mass is 9.99. The van der Waals surface area contributed by atoms with Crippen LogP contribution in [-0.4, -0.2) is 43.1 Å². The van der Waals surface area contributed by atoms with Crippen LogP contribution in [0.1, 0.15) is 40.7 Å². The Morgan fingerprint density at radius 2 is 1.84 bits per heavy atom. The van der Waals surface area contributed by atoms with Crippen LogP contribution in [0, 0.1) is 0 Å². The molecular formula is C14H16F5N3O3. The molecule has 1 heterocycles. The number of amides is 2. The molecule has 0 saturated heterocycles. The van der Waals surface area contributed by atoms with Crippen LogP contribution in [0.3, 0.4) is 0 Å². The highest BCUT2D eigenvalue weighted by Gasteiger charge is 2.41. The third kappa shape index (κ3) is 4.34. The molecule has 6 nitrogen and oxygen atoms in total. The predicted molar refractivity (Wildman–Crippen MR) is 77.6 cm³/mol. The molecule has 0 radical (unpaired) electrons. The first kappa shape index (κ1) is 20.6. The van der Waals surface area contributed by atoms with Crippen molar-refractivity contribution in [1.82, 2.24) is 9.88 Å². The molecule has 0 spiro atoms. The number of halogens is 5. The molecule has 11 heteroatoms. The fourth-order valence-corrected chi connectivity index (χ4v) is 2.05. The fraction of sp³-hybridized carbons (Fsp3) is 0.500. The maximum Gasteiger partial charge on any atom is 0.434 e. The highest BCUT2D eigenvalue weighted by Crippen LogP contribution is 2.39. The van der Waals surface area contributed by atoms with Gasteiger partial charge in [-0.15, -0.1) is 0 Å². The standard InChI is InChI=1S/C14H16F5N3O3/c1-5-6-7(12(23)25-4)10(14(17,18)19)20-9(11(15)16)8(6)21-13(24)22(2)3/h11H,5H2,1-4H3,(H,21,24). The van der Waals surface area contributed by atoms with Gasteiger partial charge in [0.05, 0.1) is 18.4 Å². The zero-order valence-electron chi connectivity index (χ0n) is 13.8. The molecule has 0 aliphatic carbocycles. The number of urea groups is 1. The lowest BCUT2D eigenvalue weighted by molar-refractivity contribution is -0.142. The number of hydrogen-bond donors (Lipinski definition) is 1. The third-order valence-electron chi connectivity index (χ3n) is 3.19. The number of hydrogen-bond acceptors (Lipinski definition) is 4. The van der Waals surface area contributed by atoms with E-state index in [1.807, 2.05) is 0 Å². The number of rotatable bonds is 4. The van der Waals surface area contributed by atoms with Gasteiger partial charge in [0.25, 0.3) is 6.43 Å². The van der Waals surface area contributed by atoms with Crippen molar-refractivity contribution in [1.29, 1.82) is 0 Å². The van der Waals surface area contributed by atoms with Crippen LogP contribution in [0.25, 0.3) is 0 Å². The summed E-state index contributed by atoms with van der Waals surface area (Å²) in [6, 6.07) is -0.867. The number of anilines is 1. The number of methoxy groups -OCH3 is 1. The summed E-state index contributed by atoms with van der Waals surface area (Å²) in [7, 11) is 3.46. The number of nitrogens with one attached hydrogen (secondary N) is 1. The van der Waals surface area contributed by atoms with E-state index in [4.69, 9.17) is 0 Å². The normalized spacial score (nSPS) is 11.4. The molecule has 1 aromatic rings. The van der Waals surface area contributed by atoms with Crippen molar-refractivity contribution in [2.24, 2.45) is 0 Å². The first-order valence-electron chi connectivity index (χ1n) is 6.94. The van der Waals surface area contributed by atoms with Gasteiger partial charge in [-0.3, -0.25) is 0 Å². The molecule has 0 saturated carbocycles. The zero-order chi connectivity index (χ0) is 19.5. The number of nitrogens with zero attached hydrogens (tertiary/aromatic N) is 2. The lowest BCUT2D eigenvalue weighted by Gasteiger charge is -2.22. The molecular weight excluding hydrogens is 353 g/mol. The highest BCUT2D eigenvalue weighted by atomic mass is 19.4. The summed E-state index contributed by atoms with van der Waals surface area (Å²) in [4.78, 5) is 27.5. The molecule has 0 bridgehead atoms. The minimum absolute atomic E-state index is 0.251. The van der Waals surface area contributed by atoms with Crippen LogP contribution in [0.4, 0.5) is 32.4 Å². The molecule has 1 aromatic heterocycles. The molecule has 0 aliphatic heterocycles. The van der Waals surface area contributed by atoms with Gasteiger partial charge in [-0.05, 0) is 12.0 Å². The van der Waals surface area contributed by atoms with Gasteiger partial charge in [-0.2, -0.15) is 13.2 Å². The summed E-state index contributed by atoms with van der Waals surface area (Å²) in [5.74, 6) is -1.39. The van der Waals surface area contributed by atoms with Crippen molar-refractivity contribution in [3.05, 3.63) is 22.5 Å². The van der Waals surface area contributed by atoms with Gasteiger partial charge in [-0.1, -0.05) is 6.92 Å². The van der Waals surface area contributed by atoms with Crippen molar-refractivity contribution >= 4 is 17.7 Å². The SMILES string of the molecule is CCc1c(NC(=O)N(C)C)c(C(F)F)nc(C(F)(F)F)c1C(=O)OC. The summed E-state index contributed by atoms with van der Waals surface area (Å²) in [6.45, 7) is 1.35. The monoisotopic (exact) mass is 369 g/mol. The average Bonchev–Trinajstić information content (AvgIpc) is 2.51. The van der Waals surface area contributed by atoms with Gasteiger partial charge in [0.15, 0.2) is 5.69 Å². The number of pyridine rings is 1. The van der Waals surface area contributed by atoms with Gasteiger partial charge in [-0.25, -0.2) is 23.4 Å². The molecule has 25 heavy (non-hydrogen) atoms. The second-order valence-electron chi connectivity index (χ2n) is 5.04. The van der Waals surface area contributed by atoms with E-state index in [2.05, 4.69) is 15.0 Å². The summed E-state index contributed by atoms with van der Waals surface area (Å²) in [5.41, 5.74) is -5.12. The minimum Gasteiger partial charge on any atom is -0.465 e. The Hall–Kier alpha value is -2.46. The van der Waals surface area contributed by atoms with Crippen LogP contribution >= 0.6 is 0 Å². The largest absolute Gasteiger partial charge is 0.465 e. The van der Waals surface area contributed by atoms with Crippen LogP contribution in [0.15, 0.2) is 0 Å².